The summed E-state index contributed by atoms with van der Waals surface area (Å²) in [6, 6.07) is 20.2. The maximum atomic E-state index is 12.6. The molecule has 154 valence electrons. The Balaban J connectivity index is 1.91. The lowest BCUT2D eigenvalue weighted by molar-refractivity contribution is 0.0445. The number of carbonyl (C=O) groups excluding carboxylic acids is 2. The molecule has 0 aliphatic rings. The van der Waals surface area contributed by atoms with Crippen molar-refractivity contribution in [2.24, 2.45) is 5.92 Å². The summed E-state index contributed by atoms with van der Waals surface area (Å²) < 4.78 is 11.0. The fourth-order valence-corrected chi connectivity index (χ4v) is 2.77. The number of phenolic OH excluding ortho intramolecular Hbond substituents is 1. The summed E-state index contributed by atoms with van der Waals surface area (Å²) in [4.78, 5) is 25.1. The first-order valence-electron chi connectivity index (χ1n) is 9.85. The van der Waals surface area contributed by atoms with E-state index in [1.165, 1.54) is 30.3 Å². The van der Waals surface area contributed by atoms with Crippen molar-refractivity contribution in [3.8, 4) is 22.6 Å². The number of hydrogen-bond donors (Lipinski definition) is 1. The first-order valence-corrected chi connectivity index (χ1v) is 9.85. The highest BCUT2D eigenvalue weighted by molar-refractivity contribution is 5.94. The quantitative estimate of drug-likeness (QED) is 0.417. The molecule has 0 aliphatic heterocycles. The molecule has 0 bridgehead atoms. The zero-order chi connectivity index (χ0) is 21.5. The molecular formula is C25H24O5. The third-order valence-corrected chi connectivity index (χ3v) is 4.80. The van der Waals surface area contributed by atoms with E-state index in [0.717, 1.165) is 12.0 Å². The summed E-state index contributed by atoms with van der Waals surface area (Å²) in [6.07, 6.45) is 0.912. The molecule has 3 rings (SSSR count). The minimum absolute atomic E-state index is 0.0579. The van der Waals surface area contributed by atoms with E-state index in [0.29, 0.717) is 17.7 Å². The molecule has 0 aromatic heterocycles. The SMILES string of the molecule is CCC(C)COC(=O)c1ccc(-c2ccccc2)c(OC(=O)c2ccc(O)cc2)c1. The van der Waals surface area contributed by atoms with Crippen LogP contribution in [0.2, 0.25) is 0 Å². The Labute approximate surface area is 175 Å². The van der Waals surface area contributed by atoms with Crippen molar-refractivity contribution in [2.45, 2.75) is 20.3 Å². The number of benzene rings is 3. The number of aromatic hydroxyl groups is 1. The molecule has 0 spiro atoms. The maximum Gasteiger partial charge on any atom is 0.343 e. The van der Waals surface area contributed by atoms with Crippen LogP contribution in [-0.4, -0.2) is 23.7 Å². The second-order valence-electron chi connectivity index (χ2n) is 7.13. The first-order chi connectivity index (χ1) is 14.5. The Bertz CT molecular complexity index is 1010. The van der Waals surface area contributed by atoms with Crippen LogP contribution >= 0.6 is 0 Å². The van der Waals surface area contributed by atoms with Gasteiger partial charge in [0.1, 0.15) is 11.5 Å². The fourth-order valence-electron chi connectivity index (χ4n) is 2.77. The molecule has 3 aromatic carbocycles. The lowest BCUT2D eigenvalue weighted by Crippen LogP contribution is -2.13. The van der Waals surface area contributed by atoms with Gasteiger partial charge in [0.15, 0.2) is 0 Å². The molecule has 30 heavy (non-hydrogen) atoms. The number of phenols is 1. The number of carbonyl (C=O) groups is 2. The van der Waals surface area contributed by atoms with Crippen molar-refractivity contribution in [1.82, 2.24) is 0 Å². The van der Waals surface area contributed by atoms with Crippen LogP contribution in [0.1, 0.15) is 41.0 Å². The summed E-state index contributed by atoms with van der Waals surface area (Å²) in [5, 5.41) is 9.42. The van der Waals surface area contributed by atoms with Gasteiger partial charge < -0.3 is 14.6 Å². The lowest BCUT2D eigenvalue weighted by atomic mass is 10.0. The van der Waals surface area contributed by atoms with Crippen molar-refractivity contribution >= 4 is 11.9 Å². The van der Waals surface area contributed by atoms with E-state index < -0.39 is 11.9 Å². The van der Waals surface area contributed by atoms with E-state index in [2.05, 4.69) is 0 Å². The van der Waals surface area contributed by atoms with Crippen molar-refractivity contribution in [3.05, 3.63) is 83.9 Å². The second-order valence-corrected chi connectivity index (χ2v) is 7.13. The van der Waals surface area contributed by atoms with Crippen molar-refractivity contribution in [1.29, 1.82) is 0 Å². The summed E-state index contributed by atoms with van der Waals surface area (Å²) in [5.41, 5.74) is 2.13. The van der Waals surface area contributed by atoms with Crippen LogP contribution in [0.15, 0.2) is 72.8 Å². The van der Waals surface area contributed by atoms with E-state index in [-0.39, 0.29) is 23.0 Å². The smallest absolute Gasteiger partial charge is 0.343 e. The summed E-state index contributed by atoms with van der Waals surface area (Å²) >= 11 is 0. The van der Waals surface area contributed by atoms with Gasteiger partial charge in [-0.2, -0.15) is 0 Å². The Morgan fingerprint density at radius 2 is 1.57 bits per heavy atom. The fraction of sp³-hybridized carbons (Fsp3) is 0.200. The zero-order valence-electron chi connectivity index (χ0n) is 17.0. The molecule has 3 aromatic rings. The van der Waals surface area contributed by atoms with E-state index in [4.69, 9.17) is 9.47 Å². The third-order valence-electron chi connectivity index (χ3n) is 4.80. The van der Waals surface area contributed by atoms with Crippen LogP contribution in [0.25, 0.3) is 11.1 Å². The van der Waals surface area contributed by atoms with Crippen LogP contribution in [0.4, 0.5) is 0 Å². The summed E-state index contributed by atoms with van der Waals surface area (Å²) in [5.74, 6) is -0.460. The molecule has 0 saturated carbocycles. The highest BCUT2D eigenvalue weighted by atomic mass is 16.5. The van der Waals surface area contributed by atoms with Gasteiger partial charge in [-0.1, -0.05) is 50.6 Å². The Morgan fingerprint density at radius 3 is 2.23 bits per heavy atom. The molecule has 1 atom stereocenters. The zero-order valence-corrected chi connectivity index (χ0v) is 17.0. The number of esters is 2. The van der Waals surface area contributed by atoms with Gasteiger partial charge in [-0.15, -0.1) is 0 Å². The minimum atomic E-state index is -0.586. The van der Waals surface area contributed by atoms with Crippen LogP contribution in [-0.2, 0) is 4.74 Å². The summed E-state index contributed by atoms with van der Waals surface area (Å²) in [7, 11) is 0. The van der Waals surface area contributed by atoms with E-state index in [9.17, 15) is 14.7 Å². The molecule has 0 radical (unpaired) electrons. The number of rotatable bonds is 7. The highest BCUT2D eigenvalue weighted by Gasteiger charge is 2.17. The largest absolute Gasteiger partial charge is 0.508 e. The normalized spacial score (nSPS) is 11.5. The lowest BCUT2D eigenvalue weighted by Gasteiger charge is -2.13. The molecule has 5 nitrogen and oxygen atoms in total. The average molecular weight is 404 g/mol. The van der Waals surface area contributed by atoms with Crippen LogP contribution in [0.3, 0.4) is 0 Å². The number of ether oxygens (including phenoxy) is 2. The molecule has 0 heterocycles. The van der Waals surface area contributed by atoms with Gasteiger partial charge in [0.2, 0.25) is 0 Å². The molecule has 0 amide bonds. The van der Waals surface area contributed by atoms with Gasteiger partial charge in [0.25, 0.3) is 0 Å². The second kappa shape index (κ2) is 9.74. The van der Waals surface area contributed by atoms with Crippen molar-refractivity contribution in [2.75, 3.05) is 6.61 Å². The van der Waals surface area contributed by atoms with Crippen LogP contribution in [0.5, 0.6) is 11.5 Å². The van der Waals surface area contributed by atoms with E-state index in [1.54, 1.807) is 12.1 Å². The number of hydrogen-bond acceptors (Lipinski definition) is 5. The molecular weight excluding hydrogens is 380 g/mol. The van der Waals surface area contributed by atoms with Gasteiger partial charge in [-0.05, 0) is 53.9 Å². The molecule has 0 aliphatic carbocycles. The Morgan fingerprint density at radius 1 is 0.900 bits per heavy atom. The van der Waals surface area contributed by atoms with Crippen molar-refractivity contribution in [3.63, 3.8) is 0 Å². The first kappa shape index (κ1) is 21.1. The molecule has 1 unspecified atom stereocenters. The highest BCUT2D eigenvalue weighted by Crippen LogP contribution is 2.32. The average Bonchev–Trinajstić information content (AvgIpc) is 2.78. The minimum Gasteiger partial charge on any atom is -0.508 e. The van der Waals surface area contributed by atoms with Crippen LogP contribution in [0, 0.1) is 5.92 Å². The predicted octanol–water partition coefficient (Wildman–Crippen LogP) is 5.48. The molecule has 5 heteroatoms. The predicted molar refractivity (Wildman–Crippen MR) is 115 cm³/mol. The standard InChI is InChI=1S/C25H24O5/c1-3-17(2)16-29-24(27)20-11-14-22(18-7-5-4-6-8-18)23(15-20)30-25(28)19-9-12-21(26)13-10-19/h4-15,17,26H,3,16H2,1-2H3. The van der Waals surface area contributed by atoms with Gasteiger partial charge in [-0.3, -0.25) is 0 Å². The maximum absolute atomic E-state index is 12.6. The Kier molecular flexibility index (Phi) is 6.86. The van der Waals surface area contributed by atoms with E-state index >= 15 is 0 Å². The molecule has 0 fully saturated rings. The van der Waals surface area contributed by atoms with Gasteiger partial charge >= 0.3 is 11.9 Å². The van der Waals surface area contributed by atoms with Crippen LogP contribution < -0.4 is 4.74 Å². The molecule has 0 saturated heterocycles. The third kappa shape index (κ3) is 5.26. The van der Waals surface area contributed by atoms with Gasteiger partial charge in [0.05, 0.1) is 17.7 Å². The van der Waals surface area contributed by atoms with Gasteiger partial charge in [0, 0.05) is 5.56 Å². The van der Waals surface area contributed by atoms with Crippen molar-refractivity contribution < 1.29 is 24.2 Å². The topological polar surface area (TPSA) is 72.8 Å². The summed E-state index contributed by atoms with van der Waals surface area (Å²) in [6.45, 7) is 4.38. The Hall–Kier alpha value is -3.60. The molecule has 1 N–H and O–H groups in total. The van der Waals surface area contributed by atoms with E-state index in [1.807, 2.05) is 44.2 Å². The monoisotopic (exact) mass is 404 g/mol. The van der Waals surface area contributed by atoms with Gasteiger partial charge in [-0.25, -0.2) is 9.59 Å².